The van der Waals surface area contributed by atoms with E-state index in [-0.39, 0.29) is 18.3 Å². The van der Waals surface area contributed by atoms with Crippen molar-refractivity contribution in [3.8, 4) is 0 Å². The van der Waals surface area contributed by atoms with Gasteiger partial charge in [-0.05, 0) is 49.4 Å². The lowest BCUT2D eigenvalue weighted by molar-refractivity contribution is -0.147. The van der Waals surface area contributed by atoms with Crippen LogP contribution in [0.25, 0.3) is 10.1 Å². The maximum atomic E-state index is 13.4. The number of hydrogen-bond acceptors (Lipinski definition) is 3. The fourth-order valence-electron chi connectivity index (χ4n) is 2.85. The average Bonchev–Trinajstić information content (AvgIpc) is 3.01. The second-order valence-electron chi connectivity index (χ2n) is 6.04. The SMILES string of the molecule is Cc1c(C(=O)N2CCC(C)(C(=O)O)C2)sc2ccc(F)cc12. The van der Waals surface area contributed by atoms with Crippen molar-refractivity contribution >= 4 is 33.3 Å². The first-order chi connectivity index (χ1) is 10.3. The molecule has 4 nitrogen and oxygen atoms in total. The summed E-state index contributed by atoms with van der Waals surface area (Å²) < 4.78 is 14.2. The Hall–Kier alpha value is -1.95. The summed E-state index contributed by atoms with van der Waals surface area (Å²) in [5.41, 5.74) is -0.125. The van der Waals surface area contributed by atoms with Crippen LogP contribution in [0.3, 0.4) is 0 Å². The van der Waals surface area contributed by atoms with Gasteiger partial charge in [-0.15, -0.1) is 11.3 Å². The van der Waals surface area contributed by atoms with Crippen LogP contribution < -0.4 is 0 Å². The predicted octanol–water partition coefficient (Wildman–Crippen LogP) is 3.29. The highest BCUT2D eigenvalue weighted by atomic mass is 32.1. The van der Waals surface area contributed by atoms with Gasteiger partial charge in [0.05, 0.1) is 10.3 Å². The fraction of sp³-hybridized carbons (Fsp3) is 0.375. The average molecular weight is 321 g/mol. The molecule has 6 heteroatoms. The number of fused-ring (bicyclic) bond motifs is 1. The number of halogens is 1. The number of carboxylic acid groups (broad SMARTS) is 1. The van der Waals surface area contributed by atoms with Gasteiger partial charge in [-0.2, -0.15) is 0 Å². The number of carbonyl (C=O) groups excluding carboxylic acids is 1. The third kappa shape index (κ3) is 2.27. The molecule has 1 atom stereocenters. The highest BCUT2D eigenvalue weighted by molar-refractivity contribution is 7.21. The van der Waals surface area contributed by atoms with Crippen molar-refractivity contribution in [1.29, 1.82) is 0 Å². The van der Waals surface area contributed by atoms with Crippen molar-refractivity contribution in [2.75, 3.05) is 13.1 Å². The Labute approximate surface area is 131 Å². The van der Waals surface area contributed by atoms with Crippen LogP contribution in [-0.4, -0.2) is 35.0 Å². The van der Waals surface area contributed by atoms with Crippen LogP contribution >= 0.6 is 11.3 Å². The third-order valence-electron chi connectivity index (χ3n) is 4.37. The summed E-state index contributed by atoms with van der Waals surface area (Å²) in [6, 6.07) is 4.48. The molecule has 1 N–H and O–H groups in total. The molecule has 1 saturated heterocycles. The van der Waals surface area contributed by atoms with Gasteiger partial charge in [0.1, 0.15) is 5.82 Å². The summed E-state index contributed by atoms with van der Waals surface area (Å²) in [5, 5.41) is 10.0. The van der Waals surface area contributed by atoms with E-state index in [1.54, 1.807) is 24.8 Å². The van der Waals surface area contributed by atoms with E-state index in [1.165, 1.54) is 23.5 Å². The van der Waals surface area contributed by atoms with Crippen LogP contribution in [0.1, 0.15) is 28.6 Å². The standard InChI is InChI=1S/C16H16FNO3S/c1-9-11-7-10(17)3-4-12(11)22-13(9)14(19)18-6-5-16(2,8-18)15(20)21/h3-4,7H,5-6,8H2,1-2H3,(H,20,21). The van der Waals surface area contributed by atoms with E-state index < -0.39 is 11.4 Å². The first kappa shape index (κ1) is 15.0. The minimum atomic E-state index is -0.883. The van der Waals surface area contributed by atoms with E-state index in [2.05, 4.69) is 0 Å². The summed E-state index contributed by atoms with van der Waals surface area (Å²) in [4.78, 5) is 26.1. The van der Waals surface area contributed by atoms with Gasteiger partial charge in [-0.25, -0.2) is 4.39 Å². The zero-order valence-corrected chi connectivity index (χ0v) is 13.2. The van der Waals surface area contributed by atoms with Gasteiger partial charge in [-0.3, -0.25) is 9.59 Å². The van der Waals surface area contributed by atoms with Gasteiger partial charge in [-0.1, -0.05) is 0 Å². The third-order valence-corrected chi connectivity index (χ3v) is 5.63. The van der Waals surface area contributed by atoms with Crippen molar-refractivity contribution < 1.29 is 19.1 Å². The maximum absolute atomic E-state index is 13.4. The Morgan fingerprint density at radius 2 is 2.14 bits per heavy atom. The highest BCUT2D eigenvalue weighted by Crippen LogP contribution is 2.35. The van der Waals surface area contributed by atoms with Crippen LogP contribution in [0.2, 0.25) is 0 Å². The molecule has 0 spiro atoms. The lowest BCUT2D eigenvalue weighted by atomic mass is 9.90. The first-order valence-corrected chi connectivity index (χ1v) is 7.85. The topological polar surface area (TPSA) is 57.6 Å². The minimum absolute atomic E-state index is 0.163. The number of benzene rings is 1. The Morgan fingerprint density at radius 3 is 2.77 bits per heavy atom. The van der Waals surface area contributed by atoms with E-state index in [9.17, 15) is 19.1 Å². The molecule has 2 heterocycles. The van der Waals surface area contributed by atoms with E-state index >= 15 is 0 Å². The number of likely N-dealkylation sites (tertiary alicyclic amines) is 1. The summed E-state index contributed by atoms with van der Waals surface area (Å²) in [6.45, 7) is 4.11. The molecule has 1 fully saturated rings. The Balaban J connectivity index is 1.94. The lowest BCUT2D eigenvalue weighted by Gasteiger charge is -2.20. The van der Waals surface area contributed by atoms with Gasteiger partial charge in [0.25, 0.3) is 5.91 Å². The summed E-state index contributed by atoms with van der Waals surface area (Å²) in [7, 11) is 0. The molecule has 0 bridgehead atoms. The van der Waals surface area contributed by atoms with Gasteiger partial charge < -0.3 is 10.0 Å². The van der Waals surface area contributed by atoms with E-state index in [0.717, 1.165) is 15.6 Å². The van der Waals surface area contributed by atoms with Gasteiger partial charge >= 0.3 is 5.97 Å². The van der Waals surface area contributed by atoms with E-state index in [1.807, 2.05) is 0 Å². The number of aryl methyl sites for hydroxylation is 1. The molecule has 1 aliphatic heterocycles. The monoisotopic (exact) mass is 321 g/mol. The smallest absolute Gasteiger partial charge is 0.311 e. The molecule has 22 heavy (non-hydrogen) atoms. The van der Waals surface area contributed by atoms with Gasteiger partial charge in [0.15, 0.2) is 0 Å². The molecule has 116 valence electrons. The van der Waals surface area contributed by atoms with E-state index in [0.29, 0.717) is 17.8 Å². The number of rotatable bonds is 2. The van der Waals surface area contributed by atoms with Crippen molar-refractivity contribution in [2.24, 2.45) is 5.41 Å². The fourth-order valence-corrected chi connectivity index (χ4v) is 4.01. The van der Waals surface area contributed by atoms with Gasteiger partial charge in [0.2, 0.25) is 0 Å². The largest absolute Gasteiger partial charge is 0.481 e. The molecule has 1 unspecified atom stereocenters. The number of carboxylic acids is 1. The zero-order valence-electron chi connectivity index (χ0n) is 12.4. The summed E-state index contributed by atoms with van der Waals surface area (Å²) in [6.07, 6.45) is 0.451. The van der Waals surface area contributed by atoms with E-state index in [4.69, 9.17) is 0 Å². The molecule has 1 aliphatic rings. The van der Waals surface area contributed by atoms with Crippen LogP contribution in [0.5, 0.6) is 0 Å². The number of hydrogen-bond donors (Lipinski definition) is 1. The molecule has 2 aromatic rings. The second kappa shape index (κ2) is 5.05. The molecular formula is C16H16FNO3S. The van der Waals surface area contributed by atoms with Crippen LogP contribution in [-0.2, 0) is 4.79 Å². The van der Waals surface area contributed by atoms with Crippen LogP contribution in [0.15, 0.2) is 18.2 Å². The van der Waals surface area contributed by atoms with Crippen LogP contribution in [0.4, 0.5) is 4.39 Å². The Morgan fingerprint density at radius 1 is 1.41 bits per heavy atom. The molecule has 0 aliphatic carbocycles. The second-order valence-corrected chi connectivity index (χ2v) is 7.09. The number of aliphatic carboxylic acids is 1. The summed E-state index contributed by atoms with van der Waals surface area (Å²) >= 11 is 1.33. The maximum Gasteiger partial charge on any atom is 0.311 e. The lowest BCUT2D eigenvalue weighted by Crippen LogP contribution is -2.34. The molecule has 1 aromatic carbocycles. The molecule has 1 amide bonds. The van der Waals surface area contributed by atoms with Crippen molar-refractivity contribution in [3.05, 3.63) is 34.5 Å². The Kier molecular flexibility index (Phi) is 3.44. The number of carbonyl (C=O) groups is 2. The molecule has 1 aromatic heterocycles. The van der Waals surface area contributed by atoms with Crippen molar-refractivity contribution in [1.82, 2.24) is 4.90 Å². The molecule has 0 radical (unpaired) electrons. The number of nitrogens with zero attached hydrogens (tertiary/aromatic N) is 1. The molecule has 0 saturated carbocycles. The van der Waals surface area contributed by atoms with Crippen LogP contribution in [0, 0.1) is 18.2 Å². The number of thiophene rings is 1. The Bertz CT molecular complexity index is 785. The normalized spacial score (nSPS) is 21.5. The highest BCUT2D eigenvalue weighted by Gasteiger charge is 2.42. The minimum Gasteiger partial charge on any atom is -0.481 e. The first-order valence-electron chi connectivity index (χ1n) is 7.03. The predicted molar refractivity (Wildman–Crippen MR) is 82.8 cm³/mol. The molecule has 3 rings (SSSR count). The molecular weight excluding hydrogens is 305 g/mol. The van der Waals surface area contributed by atoms with Gasteiger partial charge in [0, 0.05) is 17.8 Å². The number of amides is 1. The summed E-state index contributed by atoms with van der Waals surface area (Å²) in [5.74, 6) is -1.37. The zero-order chi connectivity index (χ0) is 16.1. The quantitative estimate of drug-likeness (QED) is 0.923. The van der Waals surface area contributed by atoms with Crippen molar-refractivity contribution in [3.63, 3.8) is 0 Å². The van der Waals surface area contributed by atoms with Crippen molar-refractivity contribution in [2.45, 2.75) is 20.3 Å².